The zero-order chi connectivity index (χ0) is 17.7. The van der Waals surface area contributed by atoms with Gasteiger partial charge in [-0.1, -0.05) is 35.3 Å². The predicted octanol–water partition coefficient (Wildman–Crippen LogP) is 5.89. The minimum atomic E-state index is 0.705. The number of benzene rings is 2. The lowest BCUT2D eigenvalue weighted by Crippen LogP contribution is -2.10. The molecule has 126 valence electrons. The average molecular weight is 363 g/mol. The molecule has 0 atom stereocenters. The number of hydrogen-bond donors (Lipinski definition) is 2. The molecular weight excluding hydrogens is 343 g/mol. The third-order valence-corrected chi connectivity index (χ3v) is 4.39. The highest BCUT2D eigenvalue weighted by atomic mass is 35.5. The Balaban J connectivity index is 2.02. The van der Waals surface area contributed by atoms with Gasteiger partial charge in [0.25, 0.3) is 0 Å². The molecule has 4 nitrogen and oxygen atoms in total. The van der Waals surface area contributed by atoms with Gasteiger partial charge in [0.2, 0.25) is 0 Å². The lowest BCUT2D eigenvalue weighted by atomic mass is 10.2. The standard InChI is InChI=1S/C18H20Cl2N4/c1-11-5-7-15(9-17(11)19)23-21-13(3)14(4)22-24-16-8-6-12(2)18(20)10-16/h5-10,23-24H,1-4H3/b21-13-,22-14-. The summed E-state index contributed by atoms with van der Waals surface area (Å²) in [6.07, 6.45) is 0. The first-order valence-corrected chi connectivity index (χ1v) is 8.25. The van der Waals surface area contributed by atoms with E-state index in [1.165, 1.54) is 0 Å². The molecule has 0 fully saturated rings. The number of nitrogens with zero attached hydrogens (tertiary/aromatic N) is 2. The van der Waals surface area contributed by atoms with Crippen LogP contribution < -0.4 is 10.9 Å². The molecule has 0 heterocycles. The van der Waals surface area contributed by atoms with Crippen molar-refractivity contribution < 1.29 is 0 Å². The molecule has 0 aliphatic carbocycles. The van der Waals surface area contributed by atoms with Crippen molar-refractivity contribution in [3.63, 3.8) is 0 Å². The summed E-state index contributed by atoms with van der Waals surface area (Å²) in [4.78, 5) is 0. The second-order valence-electron chi connectivity index (χ2n) is 5.55. The maximum absolute atomic E-state index is 6.10. The number of anilines is 2. The largest absolute Gasteiger partial charge is 0.278 e. The fourth-order valence-corrected chi connectivity index (χ4v) is 2.14. The van der Waals surface area contributed by atoms with Crippen molar-refractivity contribution in [3.8, 4) is 0 Å². The summed E-state index contributed by atoms with van der Waals surface area (Å²) in [5.41, 5.74) is 11.2. The highest BCUT2D eigenvalue weighted by Crippen LogP contribution is 2.20. The Bertz CT molecular complexity index is 730. The smallest absolute Gasteiger partial charge is 0.0805 e. The Morgan fingerprint density at radius 1 is 0.750 bits per heavy atom. The van der Waals surface area contributed by atoms with Crippen LogP contribution in [-0.4, -0.2) is 11.4 Å². The first kappa shape index (κ1) is 18.3. The number of nitrogens with one attached hydrogen (secondary N) is 2. The number of hydrogen-bond acceptors (Lipinski definition) is 4. The van der Waals surface area contributed by atoms with Gasteiger partial charge in [-0.05, 0) is 63.1 Å². The number of aryl methyl sites for hydroxylation is 2. The third-order valence-electron chi connectivity index (χ3n) is 3.57. The molecule has 0 amide bonds. The Kier molecular flexibility index (Phi) is 6.23. The van der Waals surface area contributed by atoms with Gasteiger partial charge in [-0.2, -0.15) is 10.2 Å². The normalized spacial score (nSPS) is 12.2. The van der Waals surface area contributed by atoms with Crippen molar-refractivity contribution in [1.82, 2.24) is 0 Å². The summed E-state index contributed by atoms with van der Waals surface area (Å²) in [5.74, 6) is 0. The van der Waals surface area contributed by atoms with Crippen LogP contribution in [-0.2, 0) is 0 Å². The summed E-state index contributed by atoms with van der Waals surface area (Å²) >= 11 is 12.2. The van der Waals surface area contributed by atoms with Crippen molar-refractivity contribution >= 4 is 46.0 Å². The number of hydrazone groups is 2. The number of rotatable bonds is 5. The Morgan fingerprint density at radius 2 is 1.12 bits per heavy atom. The minimum absolute atomic E-state index is 0.705. The highest BCUT2D eigenvalue weighted by molar-refractivity contribution is 6.40. The molecule has 2 rings (SSSR count). The van der Waals surface area contributed by atoms with Gasteiger partial charge in [-0.15, -0.1) is 0 Å². The third kappa shape index (κ3) is 4.98. The molecule has 0 unspecified atom stereocenters. The fraction of sp³-hybridized carbons (Fsp3) is 0.222. The van der Waals surface area contributed by atoms with Gasteiger partial charge < -0.3 is 0 Å². The van der Waals surface area contributed by atoms with Gasteiger partial charge in [0, 0.05) is 10.0 Å². The summed E-state index contributed by atoms with van der Waals surface area (Å²) < 4.78 is 0. The molecule has 2 N–H and O–H groups in total. The van der Waals surface area contributed by atoms with Crippen LogP contribution >= 0.6 is 23.2 Å². The van der Waals surface area contributed by atoms with Gasteiger partial charge in [-0.25, -0.2) is 0 Å². The number of halogens is 2. The van der Waals surface area contributed by atoms with Crippen LogP contribution in [0.5, 0.6) is 0 Å². The van der Waals surface area contributed by atoms with E-state index in [0.717, 1.165) is 33.9 Å². The van der Waals surface area contributed by atoms with Crippen LogP contribution in [0.4, 0.5) is 11.4 Å². The molecule has 0 radical (unpaired) electrons. The maximum atomic E-state index is 6.10. The second kappa shape index (κ2) is 8.18. The molecule has 0 aliphatic rings. The van der Waals surface area contributed by atoms with Crippen LogP contribution in [0, 0.1) is 13.8 Å². The van der Waals surface area contributed by atoms with Crippen molar-refractivity contribution in [1.29, 1.82) is 0 Å². The predicted molar refractivity (Wildman–Crippen MR) is 106 cm³/mol. The van der Waals surface area contributed by atoms with E-state index < -0.39 is 0 Å². The molecule has 0 saturated heterocycles. The van der Waals surface area contributed by atoms with E-state index in [1.54, 1.807) is 0 Å². The zero-order valence-corrected chi connectivity index (χ0v) is 15.6. The van der Waals surface area contributed by atoms with E-state index in [4.69, 9.17) is 23.2 Å². The Labute approximate surface area is 152 Å². The average Bonchev–Trinajstić information content (AvgIpc) is 2.56. The van der Waals surface area contributed by atoms with Crippen molar-refractivity contribution in [2.45, 2.75) is 27.7 Å². The summed E-state index contributed by atoms with van der Waals surface area (Å²) in [7, 11) is 0. The summed E-state index contributed by atoms with van der Waals surface area (Å²) in [5, 5.41) is 10.0. The Morgan fingerprint density at radius 3 is 1.46 bits per heavy atom. The molecule has 0 saturated carbocycles. The van der Waals surface area contributed by atoms with Crippen molar-refractivity contribution in [2.75, 3.05) is 10.9 Å². The van der Waals surface area contributed by atoms with Gasteiger partial charge >= 0.3 is 0 Å². The van der Waals surface area contributed by atoms with E-state index in [9.17, 15) is 0 Å². The van der Waals surface area contributed by atoms with E-state index in [2.05, 4.69) is 21.1 Å². The highest BCUT2D eigenvalue weighted by Gasteiger charge is 2.01. The molecule has 24 heavy (non-hydrogen) atoms. The first-order valence-electron chi connectivity index (χ1n) is 7.50. The van der Waals surface area contributed by atoms with Gasteiger partial charge in [0.15, 0.2) is 0 Å². The van der Waals surface area contributed by atoms with Crippen LogP contribution in [0.3, 0.4) is 0 Å². The van der Waals surface area contributed by atoms with E-state index in [-0.39, 0.29) is 0 Å². The van der Waals surface area contributed by atoms with Crippen LogP contribution in [0.15, 0.2) is 46.6 Å². The molecule has 0 bridgehead atoms. The molecule has 2 aromatic carbocycles. The van der Waals surface area contributed by atoms with E-state index >= 15 is 0 Å². The molecule has 2 aromatic rings. The second-order valence-corrected chi connectivity index (χ2v) is 6.36. The Hall–Kier alpha value is -2.04. The van der Waals surface area contributed by atoms with Gasteiger partial charge in [0.1, 0.15) is 0 Å². The fourth-order valence-electron chi connectivity index (χ4n) is 1.78. The van der Waals surface area contributed by atoms with E-state index in [1.807, 2.05) is 64.1 Å². The molecule has 0 aromatic heterocycles. The maximum Gasteiger partial charge on any atom is 0.0805 e. The van der Waals surface area contributed by atoms with Gasteiger partial charge in [0.05, 0.1) is 22.8 Å². The van der Waals surface area contributed by atoms with Crippen LogP contribution in [0.25, 0.3) is 0 Å². The summed E-state index contributed by atoms with van der Waals surface area (Å²) in [6.45, 7) is 7.68. The lowest BCUT2D eigenvalue weighted by Gasteiger charge is -2.07. The molecule has 0 spiro atoms. The van der Waals surface area contributed by atoms with Crippen LogP contribution in [0.1, 0.15) is 25.0 Å². The SMILES string of the molecule is CC(=N/Nc1ccc(C)c(Cl)c1)/C(C)=N\Nc1ccc(C)c(Cl)c1. The first-order chi connectivity index (χ1) is 11.4. The molecule has 0 aliphatic heterocycles. The lowest BCUT2D eigenvalue weighted by molar-refractivity contribution is 1.30. The topological polar surface area (TPSA) is 48.8 Å². The molecule has 6 heteroatoms. The van der Waals surface area contributed by atoms with Gasteiger partial charge in [-0.3, -0.25) is 10.9 Å². The minimum Gasteiger partial charge on any atom is -0.278 e. The van der Waals surface area contributed by atoms with Crippen LogP contribution in [0.2, 0.25) is 10.0 Å². The van der Waals surface area contributed by atoms with E-state index in [0.29, 0.717) is 10.0 Å². The van der Waals surface area contributed by atoms with Crippen molar-refractivity contribution in [3.05, 3.63) is 57.6 Å². The monoisotopic (exact) mass is 362 g/mol. The quantitative estimate of drug-likeness (QED) is 0.514. The summed E-state index contributed by atoms with van der Waals surface area (Å²) in [6, 6.07) is 11.4. The molecular formula is C18H20Cl2N4. The zero-order valence-electron chi connectivity index (χ0n) is 14.1. The van der Waals surface area contributed by atoms with Crippen molar-refractivity contribution in [2.24, 2.45) is 10.2 Å².